The number of ether oxygens (including phenoxy) is 1. The molecule has 6 heteroatoms. The lowest BCUT2D eigenvalue weighted by Gasteiger charge is -2.31. The van der Waals surface area contributed by atoms with Gasteiger partial charge in [0, 0.05) is 24.2 Å². The summed E-state index contributed by atoms with van der Waals surface area (Å²) in [6.07, 6.45) is 1.92. The lowest BCUT2D eigenvalue weighted by molar-refractivity contribution is -0.145. The highest BCUT2D eigenvalue weighted by molar-refractivity contribution is 5.96. The third-order valence-corrected chi connectivity index (χ3v) is 4.37. The maximum Gasteiger partial charge on any atom is 0.332 e. The molecule has 5 nitrogen and oxygen atoms in total. The summed E-state index contributed by atoms with van der Waals surface area (Å²) in [5.74, 6) is -0.699. The zero-order valence-corrected chi connectivity index (χ0v) is 11.8. The molecule has 1 N–H and O–H groups in total. The molecule has 2 fully saturated rings. The van der Waals surface area contributed by atoms with E-state index >= 15 is 0 Å². The summed E-state index contributed by atoms with van der Waals surface area (Å²) in [6, 6.07) is 4.16. The van der Waals surface area contributed by atoms with Crippen LogP contribution in [0.25, 0.3) is 0 Å². The van der Waals surface area contributed by atoms with Crippen LogP contribution in [0.4, 0.5) is 14.9 Å². The first-order valence-corrected chi connectivity index (χ1v) is 7.05. The van der Waals surface area contributed by atoms with E-state index in [4.69, 9.17) is 4.74 Å². The molecule has 1 atom stereocenters. The number of halogens is 1. The van der Waals surface area contributed by atoms with Gasteiger partial charge in [-0.1, -0.05) is 6.07 Å². The van der Waals surface area contributed by atoms with Gasteiger partial charge in [-0.15, -0.1) is 0 Å². The SMILES string of the molecule is Cc1c(F)cccc1NC(=O)N1CCC[C@@]12CCOC2=O. The number of amides is 2. The molecular weight excluding hydrogens is 275 g/mol. The fourth-order valence-electron chi connectivity index (χ4n) is 3.12. The number of esters is 1. The number of carbonyl (C=O) groups excluding carboxylic acids is 2. The van der Waals surface area contributed by atoms with Gasteiger partial charge in [0.1, 0.15) is 11.4 Å². The summed E-state index contributed by atoms with van der Waals surface area (Å²) in [5.41, 5.74) is -0.0211. The molecule has 3 rings (SSSR count). The molecule has 0 aromatic heterocycles. The van der Waals surface area contributed by atoms with E-state index in [0.717, 1.165) is 6.42 Å². The Morgan fingerprint density at radius 2 is 2.24 bits per heavy atom. The average molecular weight is 292 g/mol. The second-order valence-corrected chi connectivity index (χ2v) is 5.52. The van der Waals surface area contributed by atoms with E-state index in [0.29, 0.717) is 37.2 Å². The number of carbonyl (C=O) groups is 2. The Hall–Kier alpha value is -2.11. The first kappa shape index (κ1) is 13.9. The molecule has 0 bridgehead atoms. The van der Waals surface area contributed by atoms with Crippen LogP contribution in [0.5, 0.6) is 0 Å². The van der Waals surface area contributed by atoms with Crippen molar-refractivity contribution >= 4 is 17.7 Å². The zero-order chi connectivity index (χ0) is 15.0. The summed E-state index contributed by atoms with van der Waals surface area (Å²) >= 11 is 0. The highest BCUT2D eigenvalue weighted by Gasteiger charge is 2.54. The molecule has 1 aromatic carbocycles. The number of likely N-dealkylation sites (tertiary alicyclic amines) is 1. The normalized spacial score (nSPS) is 24.5. The fourth-order valence-corrected chi connectivity index (χ4v) is 3.12. The van der Waals surface area contributed by atoms with Crippen molar-refractivity contribution in [2.24, 2.45) is 0 Å². The topological polar surface area (TPSA) is 58.6 Å². The van der Waals surface area contributed by atoms with Crippen molar-refractivity contribution in [1.29, 1.82) is 0 Å². The molecular formula is C15H17FN2O3. The van der Waals surface area contributed by atoms with E-state index in [-0.39, 0.29) is 17.8 Å². The number of nitrogens with one attached hydrogen (secondary N) is 1. The predicted octanol–water partition coefficient (Wildman–Crippen LogP) is 2.45. The monoisotopic (exact) mass is 292 g/mol. The number of hydrogen-bond acceptors (Lipinski definition) is 3. The molecule has 0 saturated carbocycles. The van der Waals surface area contributed by atoms with Gasteiger partial charge in [-0.3, -0.25) is 0 Å². The molecule has 1 aromatic rings. The lowest BCUT2D eigenvalue weighted by atomic mass is 9.95. The molecule has 2 aliphatic rings. The van der Waals surface area contributed by atoms with E-state index in [1.54, 1.807) is 19.1 Å². The predicted molar refractivity (Wildman–Crippen MR) is 74.4 cm³/mol. The summed E-state index contributed by atoms with van der Waals surface area (Å²) in [6.45, 7) is 2.46. The minimum atomic E-state index is -0.828. The van der Waals surface area contributed by atoms with Gasteiger partial charge in [0.15, 0.2) is 0 Å². The second kappa shape index (κ2) is 5.02. The smallest absolute Gasteiger partial charge is 0.332 e. The maximum absolute atomic E-state index is 13.5. The number of benzene rings is 1. The largest absolute Gasteiger partial charge is 0.464 e. The van der Waals surface area contributed by atoms with Gasteiger partial charge in [-0.05, 0) is 31.9 Å². The van der Waals surface area contributed by atoms with Crippen LogP contribution < -0.4 is 5.32 Å². The summed E-state index contributed by atoms with van der Waals surface area (Å²) < 4.78 is 18.6. The summed E-state index contributed by atoms with van der Waals surface area (Å²) in [5, 5.41) is 2.70. The number of nitrogens with zero attached hydrogens (tertiary/aromatic N) is 1. The number of hydrogen-bond donors (Lipinski definition) is 1. The summed E-state index contributed by atoms with van der Waals surface area (Å²) in [4.78, 5) is 26.0. The Balaban J connectivity index is 1.82. The Morgan fingerprint density at radius 1 is 1.43 bits per heavy atom. The highest BCUT2D eigenvalue weighted by Crippen LogP contribution is 2.38. The van der Waals surface area contributed by atoms with Crippen molar-refractivity contribution in [3.63, 3.8) is 0 Å². The molecule has 1 spiro atoms. The Morgan fingerprint density at radius 3 is 2.95 bits per heavy atom. The van der Waals surface area contributed by atoms with Crippen LogP contribution in [0.3, 0.4) is 0 Å². The van der Waals surface area contributed by atoms with Gasteiger partial charge in [-0.2, -0.15) is 0 Å². The third kappa shape index (κ3) is 2.14. The first-order valence-electron chi connectivity index (χ1n) is 7.05. The van der Waals surface area contributed by atoms with E-state index < -0.39 is 5.54 Å². The Bertz CT molecular complexity index is 601. The van der Waals surface area contributed by atoms with Crippen LogP contribution in [0, 0.1) is 12.7 Å². The molecule has 0 unspecified atom stereocenters. The lowest BCUT2D eigenvalue weighted by Crippen LogP contribution is -2.52. The van der Waals surface area contributed by atoms with Gasteiger partial charge >= 0.3 is 12.0 Å². The van der Waals surface area contributed by atoms with Crippen molar-refractivity contribution in [2.75, 3.05) is 18.5 Å². The van der Waals surface area contributed by atoms with Crippen LogP contribution in [-0.4, -0.2) is 35.6 Å². The Labute approximate surface area is 122 Å². The highest BCUT2D eigenvalue weighted by atomic mass is 19.1. The number of anilines is 1. The van der Waals surface area contributed by atoms with Crippen molar-refractivity contribution in [2.45, 2.75) is 31.7 Å². The molecule has 2 saturated heterocycles. The minimum absolute atomic E-state index is 0.328. The first-order chi connectivity index (χ1) is 10.0. The minimum Gasteiger partial charge on any atom is -0.464 e. The average Bonchev–Trinajstić information content (AvgIpc) is 3.04. The standard InChI is InChI=1S/C15H17FN2O3/c1-10-11(16)4-2-5-12(10)17-14(20)18-8-3-6-15(18)7-9-21-13(15)19/h2,4-5H,3,6-9H2,1H3,(H,17,20)/t15-/m0/s1. The zero-order valence-electron chi connectivity index (χ0n) is 11.8. The van der Waals surface area contributed by atoms with E-state index in [9.17, 15) is 14.0 Å². The molecule has 2 aliphatic heterocycles. The molecule has 21 heavy (non-hydrogen) atoms. The fraction of sp³-hybridized carbons (Fsp3) is 0.467. The van der Waals surface area contributed by atoms with Crippen molar-refractivity contribution in [1.82, 2.24) is 4.90 Å². The van der Waals surface area contributed by atoms with Crippen molar-refractivity contribution in [3.8, 4) is 0 Å². The number of cyclic esters (lactones) is 1. The van der Waals surface area contributed by atoms with Gasteiger partial charge < -0.3 is 15.0 Å². The van der Waals surface area contributed by atoms with Gasteiger partial charge in [0.05, 0.1) is 6.61 Å². The van der Waals surface area contributed by atoms with Crippen LogP contribution in [-0.2, 0) is 9.53 Å². The van der Waals surface area contributed by atoms with E-state index in [1.807, 2.05) is 0 Å². The maximum atomic E-state index is 13.5. The molecule has 0 radical (unpaired) electrons. The molecule has 112 valence electrons. The number of urea groups is 1. The second-order valence-electron chi connectivity index (χ2n) is 5.52. The van der Waals surface area contributed by atoms with Gasteiger partial charge in [-0.25, -0.2) is 14.0 Å². The van der Waals surface area contributed by atoms with Gasteiger partial charge in [0.25, 0.3) is 0 Å². The van der Waals surface area contributed by atoms with Gasteiger partial charge in [0.2, 0.25) is 0 Å². The van der Waals surface area contributed by atoms with Crippen LogP contribution in [0.15, 0.2) is 18.2 Å². The molecule has 2 amide bonds. The van der Waals surface area contributed by atoms with E-state index in [2.05, 4.69) is 5.32 Å². The number of rotatable bonds is 1. The van der Waals surface area contributed by atoms with E-state index in [1.165, 1.54) is 11.0 Å². The van der Waals surface area contributed by atoms with Crippen molar-refractivity contribution in [3.05, 3.63) is 29.6 Å². The van der Waals surface area contributed by atoms with Crippen molar-refractivity contribution < 1.29 is 18.7 Å². The van der Waals surface area contributed by atoms with Crippen LogP contribution in [0.1, 0.15) is 24.8 Å². The quantitative estimate of drug-likeness (QED) is 0.809. The molecule has 0 aliphatic carbocycles. The van der Waals surface area contributed by atoms with Crippen LogP contribution in [0.2, 0.25) is 0 Å². The van der Waals surface area contributed by atoms with Crippen LogP contribution >= 0.6 is 0 Å². The third-order valence-electron chi connectivity index (χ3n) is 4.37. The summed E-state index contributed by atoms with van der Waals surface area (Å²) in [7, 11) is 0. The molecule has 2 heterocycles. The Kier molecular flexibility index (Phi) is 3.31.